The van der Waals surface area contributed by atoms with E-state index in [-0.39, 0.29) is 0 Å². The number of hydrogen-bond donors (Lipinski definition) is 1. The summed E-state index contributed by atoms with van der Waals surface area (Å²) in [6.07, 6.45) is 6.80. The Bertz CT molecular complexity index is 540. The van der Waals surface area contributed by atoms with Crippen molar-refractivity contribution in [3.05, 3.63) is 18.5 Å². The number of ether oxygens (including phenoxy) is 1. The van der Waals surface area contributed by atoms with Crippen LogP contribution in [0.5, 0.6) is 0 Å². The molecule has 2 fully saturated rings. The second-order valence-corrected chi connectivity index (χ2v) is 4.83. The highest BCUT2D eigenvalue weighted by Gasteiger charge is 2.34. The van der Waals surface area contributed by atoms with Gasteiger partial charge in [0, 0.05) is 25.5 Å². The summed E-state index contributed by atoms with van der Waals surface area (Å²) in [7, 11) is 0. The predicted molar refractivity (Wildman–Crippen MR) is 64.0 cm³/mol. The summed E-state index contributed by atoms with van der Waals surface area (Å²) in [6, 6.07) is 1.96. The van der Waals surface area contributed by atoms with Gasteiger partial charge in [0.15, 0.2) is 5.82 Å². The topological polar surface area (TPSA) is 54.0 Å². The molecule has 5 nitrogen and oxygen atoms in total. The zero-order valence-electron chi connectivity index (χ0n) is 9.47. The number of hydrogen-bond acceptors (Lipinski definition) is 4. The van der Waals surface area contributed by atoms with Gasteiger partial charge in [0.2, 0.25) is 0 Å². The van der Waals surface area contributed by atoms with Crippen LogP contribution in [0.1, 0.15) is 12.8 Å². The molecule has 2 aliphatic rings. The standard InChI is InChI=1S/C12H14N4O/c1-2-9-7-16(6-8(1)17-9)12-10-5-13-4-3-11(10)14-15-12/h3-5,8-9H,1-2,6-7H2,(H,14,15). The average Bonchev–Trinajstić information content (AvgIpc) is 2.93. The van der Waals surface area contributed by atoms with Gasteiger partial charge in [-0.05, 0) is 18.9 Å². The number of H-pyrrole nitrogens is 1. The molecule has 2 bridgehead atoms. The highest BCUT2D eigenvalue weighted by atomic mass is 16.5. The van der Waals surface area contributed by atoms with Crippen LogP contribution in [0.2, 0.25) is 0 Å². The molecule has 2 aliphatic heterocycles. The molecule has 4 rings (SSSR count). The SMILES string of the molecule is c1cc2[nH]nc(N3CC4CCC(C3)O4)c2cn1. The van der Waals surface area contributed by atoms with Crippen LogP contribution in [-0.2, 0) is 4.74 Å². The van der Waals surface area contributed by atoms with E-state index >= 15 is 0 Å². The first-order chi connectivity index (χ1) is 8.40. The highest BCUT2D eigenvalue weighted by molar-refractivity contribution is 5.89. The van der Waals surface area contributed by atoms with Crippen molar-refractivity contribution >= 4 is 16.7 Å². The van der Waals surface area contributed by atoms with E-state index in [0.29, 0.717) is 12.2 Å². The van der Waals surface area contributed by atoms with Crippen molar-refractivity contribution in [1.29, 1.82) is 0 Å². The zero-order valence-corrected chi connectivity index (χ0v) is 9.47. The van der Waals surface area contributed by atoms with E-state index in [9.17, 15) is 0 Å². The molecule has 5 heteroatoms. The van der Waals surface area contributed by atoms with E-state index in [0.717, 1.165) is 29.8 Å². The van der Waals surface area contributed by atoms with Gasteiger partial charge >= 0.3 is 0 Å². The number of nitrogens with one attached hydrogen (secondary N) is 1. The van der Waals surface area contributed by atoms with Gasteiger partial charge in [0.25, 0.3) is 0 Å². The molecule has 2 atom stereocenters. The van der Waals surface area contributed by atoms with E-state index < -0.39 is 0 Å². The number of morpholine rings is 1. The lowest BCUT2D eigenvalue weighted by Gasteiger charge is -2.32. The Hall–Kier alpha value is -1.62. The molecule has 2 aromatic heterocycles. The summed E-state index contributed by atoms with van der Waals surface area (Å²) in [5, 5.41) is 8.59. The van der Waals surface area contributed by atoms with Gasteiger partial charge in [-0.15, -0.1) is 0 Å². The van der Waals surface area contributed by atoms with Crippen molar-refractivity contribution in [2.24, 2.45) is 0 Å². The summed E-state index contributed by atoms with van der Waals surface area (Å²) in [5.41, 5.74) is 1.05. The lowest BCUT2D eigenvalue weighted by atomic mass is 10.2. The molecule has 0 radical (unpaired) electrons. The Morgan fingerprint density at radius 3 is 2.94 bits per heavy atom. The van der Waals surface area contributed by atoms with Crippen LogP contribution in [0, 0.1) is 0 Å². The Kier molecular flexibility index (Phi) is 1.90. The molecule has 2 aromatic rings. The van der Waals surface area contributed by atoms with Gasteiger partial charge in [-0.2, -0.15) is 5.10 Å². The van der Waals surface area contributed by atoms with E-state index in [1.807, 2.05) is 12.3 Å². The molecular formula is C12H14N4O. The van der Waals surface area contributed by atoms with Gasteiger partial charge in [0.1, 0.15) is 0 Å². The zero-order chi connectivity index (χ0) is 11.2. The molecule has 0 aromatic carbocycles. The van der Waals surface area contributed by atoms with E-state index in [1.165, 1.54) is 12.8 Å². The summed E-state index contributed by atoms with van der Waals surface area (Å²) < 4.78 is 5.84. The van der Waals surface area contributed by atoms with E-state index in [2.05, 4.69) is 20.1 Å². The smallest absolute Gasteiger partial charge is 0.160 e. The Labute approximate surface area is 98.8 Å². The number of fused-ring (bicyclic) bond motifs is 3. The molecule has 0 aliphatic carbocycles. The molecule has 0 saturated carbocycles. The summed E-state index contributed by atoms with van der Waals surface area (Å²) in [5.74, 6) is 1.02. The summed E-state index contributed by atoms with van der Waals surface area (Å²) >= 11 is 0. The monoisotopic (exact) mass is 230 g/mol. The number of pyridine rings is 1. The predicted octanol–water partition coefficient (Wildman–Crippen LogP) is 1.33. The third kappa shape index (κ3) is 1.42. The largest absolute Gasteiger partial charge is 0.371 e. The van der Waals surface area contributed by atoms with Crippen LogP contribution in [-0.4, -0.2) is 40.5 Å². The van der Waals surface area contributed by atoms with Crippen LogP contribution in [0.25, 0.3) is 10.9 Å². The Morgan fingerprint density at radius 2 is 2.12 bits per heavy atom. The van der Waals surface area contributed by atoms with Crippen molar-refractivity contribution in [3.8, 4) is 0 Å². The van der Waals surface area contributed by atoms with Gasteiger partial charge in [-0.1, -0.05) is 0 Å². The summed E-state index contributed by atoms with van der Waals surface area (Å²) in [4.78, 5) is 6.50. The molecule has 1 N–H and O–H groups in total. The number of aromatic nitrogens is 3. The van der Waals surface area contributed by atoms with Crippen molar-refractivity contribution in [1.82, 2.24) is 15.2 Å². The highest BCUT2D eigenvalue weighted by Crippen LogP contribution is 2.31. The fourth-order valence-corrected chi connectivity index (χ4v) is 2.87. The second kappa shape index (κ2) is 3.43. The first-order valence-electron chi connectivity index (χ1n) is 6.08. The molecule has 2 saturated heterocycles. The molecule has 17 heavy (non-hydrogen) atoms. The quantitative estimate of drug-likeness (QED) is 0.803. The Balaban J connectivity index is 1.74. The third-order valence-electron chi connectivity index (χ3n) is 3.69. The molecule has 2 unspecified atom stereocenters. The van der Waals surface area contributed by atoms with E-state index in [4.69, 9.17) is 4.74 Å². The Morgan fingerprint density at radius 1 is 1.29 bits per heavy atom. The molecule has 4 heterocycles. The number of anilines is 1. The van der Waals surface area contributed by atoms with Crippen LogP contribution in [0.15, 0.2) is 18.5 Å². The normalized spacial score (nSPS) is 27.9. The van der Waals surface area contributed by atoms with Gasteiger partial charge < -0.3 is 9.64 Å². The first kappa shape index (κ1) is 9.41. The van der Waals surface area contributed by atoms with Crippen LogP contribution in [0.4, 0.5) is 5.82 Å². The van der Waals surface area contributed by atoms with E-state index in [1.54, 1.807) is 6.20 Å². The maximum absolute atomic E-state index is 5.84. The first-order valence-corrected chi connectivity index (χ1v) is 6.08. The van der Waals surface area contributed by atoms with Crippen molar-refractivity contribution < 1.29 is 4.74 Å². The minimum atomic E-state index is 0.386. The maximum atomic E-state index is 5.84. The second-order valence-electron chi connectivity index (χ2n) is 4.83. The molecule has 0 amide bonds. The number of nitrogens with zero attached hydrogens (tertiary/aromatic N) is 3. The summed E-state index contributed by atoms with van der Waals surface area (Å²) in [6.45, 7) is 1.90. The average molecular weight is 230 g/mol. The van der Waals surface area contributed by atoms with Gasteiger partial charge in [0.05, 0.1) is 23.1 Å². The minimum absolute atomic E-state index is 0.386. The third-order valence-corrected chi connectivity index (χ3v) is 3.69. The maximum Gasteiger partial charge on any atom is 0.160 e. The van der Waals surface area contributed by atoms with Crippen molar-refractivity contribution in [3.63, 3.8) is 0 Å². The molecule has 0 spiro atoms. The van der Waals surface area contributed by atoms with Crippen molar-refractivity contribution in [2.75, 3.05) is 18.0 Å². The fourth-order valence-electron chi connectivity index (χ4n) is 2.87. The minimum Gasteiger partial charge on any atom is -0.371 e. The number of rotatable bonds is 1. The van der Waals surface area contributed by atoms with Crippen LogP contribution < -0.4 is 4.90 Å². The van der Waals surface area contributed by atoms with Crippen LogP contribution >= 0.6 is 0 Å². The fraction of sp³-hybridized carbons (Fsp3) is 0.500. The number of aromatic amines is 1. The van der Waals surface area contributed by atoms with Gasteiger partial charge in [-0.3, -0.25) is 10.1 Å². The lowest BCUT2D eigenvalue weighted by molar-refractivity contribution is 0.0303. The molecular weight excluding hydrogens is 216 g/mol. The van der Waals surface area contributed by atoms with Gasteiger partial charge in [-0.25, -0.2) is 0 Å². The lowest BCUT2D eigenvalue weighted by Crippen LogP contribution is -2.42. The van der Waals surface area contributed by atoms with Crippen LogP contribution in [0.3, 0.4) is 0 Å². The molecule has 88 valence electrons. The van der Waals surface area contributed by atoms with Crippen molar-refractivity contribution in [2.45, 2.75) is 25.0 Å².